The van der Waals surface area contributed by atoms with Crippen LogP contribution in [0.25, 0.3) is 0 Å². The fourth-order valence-electron chi connectivity index (χ4n) is 3.65. The summed E-state index contributed by atoms with van der Waals surface area (Å²) in [6, 6.07) is 7.21. The van der Waals surface area contributed by atoms with Crippen molar-refractivity contribution in [3.63, 3.8) is 0 Å². The highest BCUT2D eigenvalue weighted by molar-refractivity contribution is 8.00. The Morgan fingerprint density at radius 1 is 1.16 bits per heavy atom. The SMILES string of the molecule is NC(=O)c1ccc(SCC(=O)N(Cc2c(F)cccc2F)C2CCCC2)c([N+](=O)[O-])c1. The first-order chi connectivity index (χ1) is 14.8. The van der Waals surface area contributed by atoms with Crippen molar-refractivity contribution >= 4 is 29.3 Å². The van der Waals surface area contributed by atoms with Crippen molar-refractivity contribution in [2.24, 2.45) is 5.73 Å². The number of nitro benzene ring substituents is 1. The molecule has 1 aliphatic rings. The van der Waals surface area contributed by atoms with E-state index in [0.29, 0.717) is 0 Å². The first-order valence-electron chi connectivity index (χ1n) is 9.71. The summed E-state index contributed by atoms with van der Waals surface area (Å²) in [5, 5.41) is 11.4. The summed E-state index contributed by atoms with van der Waals surface area (Å²) in [6.45, 7) is -0.203. The van der Waals surface area contributed by atoms with E-state index in [1.54, 1.807) is 0 Å². The van der Waals surface area contributed by atoms with Gasteiger partial charge < -0.3 is 10.6 Å². The van der Waals surface area contributed by atoms with E-state index in [2.05, 4.69) is 0 Å². The molecule has 0 bridgehead atoms. The number of hydrogen-bond acceptors (Lipinski definition) is 5. The van der Waals surface area contributed by atoms with E-state index >= 15 is 0 Å². The molecular formula is C21H21F2N3O4S. The smallest absolute Gasteiger partial charge is 0.283 e. The Bertz CT molecular complexity index is 992. The predicted octanol–water partition coefficient (Wildman–Crippen LogP) is 4.04. The first-order valence-corrected chi connectivity index (χ1v) is 10.7. The maximum absolute atomic E-state index is 14.2. The molecule has 2 aromatic carbocycles. The molecule has 0 spiro atoms. The fraction of sp³-hybridized carbons (Fsp3) is 0.333. The topological polar surface area (TPSA) is 107 Å². The van der Waals surface area contributed by atoms with Gasteiger partial charge in [-0.15, -0.1) is 11.8 Å². The highest BCUT2D eigenvalue weighted by Gasteiger charge is 2.29. The largest absolute Gasteiger partial charge is 0.366 e. The van der Waals surface area contributed by atoms with Crippen molar-refractivity contribution in [3.05, 3.63) is 69.3 Å². The Morgan fingerprint density at radius 2 is 1.81 bits per heavy atom. The lowest BCUT2D eigenvalue weighted by Crippen LogP contribution is -2.39. The van der Waals surface area contributed by atoms with Gasteiger partial charge in [-0.1, -0.05) is 18.9 Å². The average molecular weight is 449 g/mol. The van der Waals surface area contributed by atoms with Crippen molar-refractivity contribution < 1.29 is 23.3 Å². The van der Waals surface area contributed by atoms with Gasteiger partial charge in [0.15, 0.2) is 0 Å². The molecule has 2 N–H and O–H groups in total. The Kier molecular flexibility index (Phi) is 7.21. The highest BCUT2D eigenvalue weighted by atomic mass is 32.2. The van der Waals surface area contributed by atoms with Gasteiger partial charge in [0.05, 0.1) is 22.1 Å². The van der Waals surface area contributed by atoms with Crippen LogP contribution in [0.15, 0.2) is 41.3 Å². The molecule has 3 rings (SSSR count). The molecule has 0 aliphatic heterocycles. The van der Waals surface area contributed by atoms with Gasteiger partial charge in [-0.2, -0.15) is 0 Å². The normalized spacial score (nSPS) is 13.9. The molecule has 0 radical (unpaired) electrons. The molecule has 7 nitrogen and oxygen atoms in total. The third-order valence-electron chi connectivity index (χ3n) is 5.27. The molecular weight excluding hydrogens is 428 g/mol. The van der Waals surface area contributed by atoms with Gasteiger partial charge in [-0.05, 0) is 37.1 Å². The van der Waals surface area contributed by atoms with Crippen molar-refractivity contribution in [1.82, 2.24) is 4.90 Å². The van der Waals surface area contributed by atoms with E-state index < -0.39 is 22.5 Å². The van der Waals surface area contributed by atoms with Gasteiger partial charge in [-0.25, -0.2) is 8.78 Å². The van der Waals surface area contributed by atoms with Crippen LogP contribution in [0.1, 0.15) is 41.6 Å². The van der Waals surface area contributed by atoms with Crippen LogP contribution in [0.5, 0.6) is 0 Å². The number of hydrogen-bond donors (Lipinski definition) is 1. The molecule has 1 saturated carbocycles. The lowest BCUT2D eigenvalue weighted by Gasteiger charge is -2.29. The van der Waals surface area contributed by atoms with Gasteiger partial charge in [0.2, 0.25) is 11.8 Å². The van der Waals surface area contributed by atoms with Crippen LogP contribution in [0, 0.1) is 21.7 Å². The fourth-order valence-corrected chi connectivity index (χ4v) is 4.54. The second-order valence-electron chi connectivity index (χ2n) is 7.25. The monoisotopic (exact) mass is 449 g/mol. The van der Waals surface area contributed by atoms with Gasteiger partial charge in [0.25, 0.3) is 5.69 Å². The minimum absolute atomic E-state index is 0.00927. The van der Waals surface area contributed by atoms with Gasteiger partial charge in [0, 0.05) is 23.2 Å². The Balaban J connectivity index is 1.80. The summed E-state index contributed by atoms with van der Waals surface area (Å²) < 4.78 is 28.3. The molecule has 2 aromatic rings. The first kappa shape index (κ1) is 22.7. The molecule has 10 heteroatoms. The minimum Gasteiger partial charge on any atom is -0.366 e. The summed E-state index contributed by atoms with van der Waals surface area (Å²) in [7, 11) is 0. The zero-order valence-corrected chi connectivity index (χ0v) is 17.4. The highest BCUT2D eigenvalue weighted by Crippen LogP contribution is 2.32. The third kappa shape index (κ3) is 5.38. The number of carbonyl (C=O) groups is 2. The summed E-state index contributed by atoms with van der Waals surface area (Å²) in [5.74, 6) is -2.76. The molecule has 164 valence electrons. The number of nitrogens with two attached hydrogens (primary N) is 1. The van der Waals surface area contributed by atoms with Crippen LogP contribution in [0.3, 0.4) is 0 Å². The van der Waals surface area contributed by atoms with E-state index in [-0.39, 0.29) is 46.0 Å². The number of thioether (sulfide) groups is 1. The van der Waals surface area contributed by atoms with E-state index in [1.807, 2.05) is 0 Å². The quantitative estimate of drug-likeness (QED) is 0.372. The molecule has 0 atom stereocenters. The molecule has 0 heterocycles. The van der Waals surface area contributed by atoms with E-state index in [9.17, 15) is 28.5 Å². The lowest BCUT2D eigenvalue weighted by atomic mass is 10.1. The van der Waals surface area contributed by atoms with Crippen molar-refractivity contribution in [1.29, 1.82) is 0 Å². The summed E-state index contributed by atoms with van der Waals surface area (Å²) in [6.07, 6.45) is 3.31. The van der Waals surface area contributed by atoms with Crippen LogP contribution in [-0.4, -0.2) is 33.4 Å². The molecule has 31 heavy (non-hydrogen) atoms. The van der Waals surface area contributed by atoms with Crippen LogP contribution >= 0.6 is 11.8 Å². The minimum atomic E-state index is -0.796. The zero-order valence-electron chi connectivity index (χ0n) is 16.6. The molecule has 0 saturated heterocycles. The van der Waals surface area contributed by atoms with Crippen LogP contribution in [0.2, 0.25) is 0 Å². The maximum atomic E-state index is 14.2. The Labute approximate surface area is 181 Å². The summed E-state index contributed by atoms with van der Waals surface area (Å²) in [5.41, 5.74) is 4.65. The number of nitro groups is 1. The van der Waals surface area contributed by atoms with Crippen LogP contribution in [0.4, 0.5) is 14.5 Å². The zero-order chi connectivity index (χ0) is 22.5. The summed E-state index contributed by atoms with van der Waals surface area (Å²) in [4.78, 5) is 36.7. The number of primary amides is 1. The van der Waals surface area contributed by atoms with Crippen molar-refractivity contribution in [3.8, 4) is 0 Å². The lowest BCUT2D eigenvalue weighted by molar-refractivity contribution is -0.387. The number of carbonyl (C=O) groups excluding carboxylic acids is 2. The molecule has 1 aliphatic carbocycles. The van der Waals surface area contributed by atoms with Gasteiger partial charge in [-0.3, -0.25) is 19.7 Å². The second kappa shape index (κ2) is 9.86. The van der Waals surface area contributed by atoms with Crippen molar-refractivity contribution in [2.45, 2.75) is 43.2 Å². The van der Waals surface area contributed by atoms with Gasteiger partial charge >= 0.3 is 0 Å². The van der Waals surface area contributed by atoms with Crippen LogP contribution < -0.4 is 5.73 Å². The van der Waals surface area contributed by atoms with E-state index in [1.165, 1.54) is 23.1 Å². The Hall–Kier alpha value is -3.01. The molecule has 2 amide bonds. The summed E-state index contributed by atoms with van der Waals surface area (Å²) >= 11 is 0.937. The molecule has 0 unspecified atom stereocenters. The molecule has 1 fully saturated rings. The van der Waals surface area contributed by atoms with Gasteiger partial charge in [0.1, 0.15) is 11.6 Å². The number of benzene rings is 2. The Morgan fingerprint density at radius 3 is 2.39 bits per heavy atom. The maximum Gasteiger partial charge on any atom is 0.283 e. The van der Waals surface area contributed by atoms with Crippen LogP contribution in [-0.2, 0) is 11.3 Å². The number of amides is 2. The number of nitrogens with zero attached hydrogens (tertiary/aromatic N) is 2. The number of halogens is 2. The van der Waals surface area contributed by atoms with E-state index in [0.717, 1.165) is 55.6 Å². The second-order valence-corrected chi connectivity index (χ2v) is 8.27. The number of rotatable bonds is 8. The standard InChI is InChI=1S/C21H21F2N3O4S/c22-16-6-3-7-17(23)15(16)11-25(14-4-1-2-5-14)20(27)12-31-19-9-8-13(21(24)28)10-18(19)26(29)30/h3,6-10,14H,1-2,4-5,11-12H2,(H2,24,28). The predicted molar refractivity (Wildman–Crippen MR) is 112 cm³/mol. The average Bonchev–Trinajstić information content (AvgIpc) is 3.26. The van der Waals surface area contributed by atoms with Crippen molar-refractivity contribution in [2.75, 3.05) is 5.75 Å². The molecule has 0 aromatic heterocycles. The van der Waals surface area contributed by atoms with E-state index in [4.69, 9.17) is 5.73 Å². The third-order valence-corrected chi connectivity index (χ3v) is 6.31.